The quantitative estimate of drug-likeness (QED) is 0.663. The largest absolute Gasteiger partial charge is 0.497 e. The fourth-order valence-electron chi connectivity index (χ4n) is 2.53. The number of benzene rings is 2. The number of hydrogen-bond donors (Lipinski definition) is 3. The highest BCUT2D eigenvalue weighted by Gasteiger charge is 2.24. The molecule has 0 fully saturated rings. The summed E-state index contributed by atoms with van der Waals surface area (Å²) in [4.78, 5) is 36.4. The number of amides is 3. The summed E-state index contributed by atoms with van der Waals surface area (Å²) in [7, 11) is 2.82. The molecule has 0 saturated carbocycles. The lowest BCUT2D eigenvalue weighted by Gasteiger charge is -2.22. The Bertz CT molecular complexity index is 848. The van der Waals surface area contributed by atoms with E-state index in [0.29, 0.717) is 22.7 Å². The average molecular weight is 399 g/mol. The van der Waals surface area contributed by atoms with Crippen LogP contribution in [0.3, 0.4) is 0 Å². The Balaban J connectivity index is 2.03. The smallest absolute Gasteiger partial charge is 0.411 e. The second-order valence-corrected chi connectivity index (χ2v) is 6.61. The van der Waals surface area contributed by atoms with E-state index in [1.165, 1.54) is 7.11 Å². The van der Waals surface area contributed by atoms with Gasteiger partial charge in [0.1, 0.15) is 11.8 Å². The lowest BCUT2D eigenvalue weighted by atomic mass is 10.0. The summed E-state index contributed by atoms with van der Waals surface area (Å²) in [5.41, 5.74) is 1.50. The number of nitrogens with one attached hydrogen (secondary N) is 3. The van der Waals surface area contributed by atoms with Crippen molar-refractivity contribution in [3.05, 3.63) is 54.1 Å². The Labute approximate surface area is 169 Å². The van der Waals surface area contributed by atoms with Gasteiger partial charge in [-0.05, 0) is 54.4 Å². The number of rotatable bonds is 7. The summed E-state index contributed by atoms with van der Waals surface area (Å²) in [6.45, 7) is 3.70. The van der Waals surface area contributed by atoms with E-state index in [4.69, 9.17) is 4.74 Å². The molecular weight excluding hydrogens is 374 g/mol. The van der Waals surface area contributed by atoms with Crippen LogP contribution in [0, 0.1) is 5.92 Å². The Hall–Kier alpha value is -3.55. The van der Waals surface area contributed by atoms with Crippen LogP contribution in [0.25, 0.3) is 0 Å². The minimum atomic E-state index is -0.725. The minimum Gasteiger partial charge on any atom is -0.497 e. The first-order valence-electron chi connectivity index (χ1n) is 9.05. The first-order valence-corrected chi connectivity index (χ1v) is 9.05. The molecule has 0 aliphatic heterocycles. The van der Waals surface area contributed by atoms with E-state index in [9.17, 15) is 14.4 Å². The van der Waals surface area contributed by atoms with E-state index >= 15 is 0 Å². The zero-order chi connectivity index (χ0) is 21.4. The van der Waals surface area contributed by atoms with Crippen molar-refractivity contribution < 1.29 is 23.9 Å². The summed E-state index contributed by atoms with van der Waals surface area (Å²) >= 11 is 0. The van der Waals surface area contributed by atoms with Crippen LogP contribution < -0.4 is 20.7 Å². The summed E-state index contributed by atoms with van der Waals surface area (Å²) in [5, 5.41) is 8.07. The normalized spacial score (nSPS) is 11.3. The molecule has 3 amide bonds. The molecule has 1 atom stereocenters. The molecule has 0 heterocycles. The van der Waals surface area contributed by atoms with Crippen molar-refractivity contribution in [3.8, 4) is 5.75 Å². The van der Waals surface area contributed by atoms with Gasteiger partial charge >= 0.3 is 6.09 Å². The highest BCUT2D eigenvalue weighted by atomic mass is 16.5. The maximum Gasteiger partial charge on any atom is 0.411 e. The number of carbonyl (C=O) groups is 3. The third kappa shape index (κ3) is 6.24. The van der Waals surface area contributed by atoms with E-state index in [1.807, 2.05) is 13.8 Å². The molecule has 0 spiro atoms. The van der Waals surface area contributed by atoms with E-state index in [1.54, 1.807) is 55.6 Å². The lowest BCUT2D eigenvalue weighted by molar-refractivity contribution is -0.118. The highest BCUT2D eigenvalue weighted by molar-refractivity contribution is 6.01. The standard InChI is InChI=1S/C21H25N3O5/c1-13(2)18(24-19(25)14-5-11-17(28-3)12-6-14)20(26)22-15-7-9-16(10-8-15)23-21(27)29-4/h5-13,18H,1-4H3,(H,22,26)(H,23,27)(H,24,25). The van der Waals surface area contributed by atoms with Crippen LogP contribution in [0.15, 0.2) is 48.5 Å². The molecular formula is C21H25N3O5. The molecule has 29 heavy (non-hydrogen) atoms. The van der Waals surface area contributed by atoms with Gasteiger partial charge in [0.15, 0.2) is 0 Å². The lowest BCUT2D eigenvalue weighted by Crippen LogP contribution is -2.47. The topological polar surface area (TPSA) is 106 Å². The van der Waals surface area contributed by atoms with Crippen LogP contribution >= 0.6 is 0 Å². The van der Waals surface area contributed by atoms with E-state index in [0.717, 1.165) is 0 Å². The third-order valence-electron chi connectivity index (χ3n) is 4.17. The van der Waals surface area contributed by atoms with Crippen molar-refractivity contribution >= 4 is 29.3 Å². The van der Waals surface area contributed by atoms with Gasteiger partial charge in [-0.25, -0.2) is 4.79 Å². The van der Waals surface area contributed by atoms with Crippen LogP contribution in [-0.4, -0.2) is 38.2 Å². The van der Waals surface area contributed by atoms with Gasteiger partial charge in [0.25, 0.3) is 5.91 Å². The summed E-state index contributed by atoms with van der Waals surface area (Å²) in [6, 6.07) is 12.5. The molecule has 3 N–H and O–H groups in total. The van der Waals surface area contributed by atoms with Gasteiger partial charge in [-0.1, -0.05) is 13.8 Å². The monoisotopic (exact) mass is 399 g/mol. The molecule has 8 nitrogen and oxygen atoms in total. The molecule has 154 valence electrons. The zero-order valence-electron chi connectivity index (χ0n) is 16.8. The molecule has 2 aromatic carbocycles. The van der Waals surface area contributed by atoms with Crippen molar-refractivity contribution in [2.24, 2.45) is 5.92 Å². The second-order valence-electron chi connectivity index (χ2n) is 6.61. The van der Waals surface area contributed by atoms with Gasteiger partial charge in [-0.15, -0.1) is 0 Å². The highest BCUT2D eigenvalue weighted by Crippen LogP contribution is 2.16. The first-order chi connectivity index (χ1) is 13.8. The Morgan fingerprint density at radius 3 is 1.86 bits per heavy atom. The maximum atomic E-state index is 12.7. The molecule has 0 aromatic heterocycles. The summed E-state index contributed by atoms with van der Waals surface area (Å²) < 4.78 is 9.61. The number of carbonyl (C=O) groups excluding carboxylic acids is 3. The van der Waals surface area contributed by atoms with Crippen LogP contribution in [-0.2, 0) is 9.53 Å². The second kappa shape index (κ2) is 10.1. The van der Waals surface area contributed by atoms with Gasteiger partial charge in [0, 0.05) is 16.9 Å². The van der Waals surface area contributed by atoms with Gasteiger partial charge in [-0.3, -0.25) is 14.9 Å². The van der Waals surface area contributed by atoms with Crippen molar-refractivity contribution in [1.29, 1.82) is 0 Å². The van der Waals surface area contributed by atoms with Gasteiger partial charge in [0.05, 0.1) is 14.2 Å². The molecule has 0 bridgehead atoms. The minimum absolute atomic E-state index is 0.127. The van der Waals surface area contributed by atoms with Crippen molar-refractivity contribution in [3.63, 3.8) is 0 Å². The third-order valence-corrected chi connectivity index (χ3v) is 4.17. The fourth-order valence-corrected chi connectivity index (χ4v) is 2.53. The zero-order valence-corrected chi connectivity index (χ0v) is 16.8. The first kappa shape index (κ1) is 21.7. The summed E-state index contributed by atoms with van der Waals surface area (Å²) in [6.07, 6.45) is -0.581. The number of ether oxygens (including phenoxy) is 2. The number of hydrogen-bond acceptors (Lipinski definition) is 5. The molecule has 0 aliphatic carbocycles. The molecule has 1 unspecified atom stereocenters. The Morgan fingerprint density at radius 1 is 0.828 bits per heavy atom. The molecule has 0 radical (unpaired) electrons. The van der Waals surface area contributed by atoms with Gasteiger partial charge in [-0.2, -0.15) is 0 Å². The van der Waals surface area contributed by atoms with Crippen LogP contribution in [0.1, 0.15) is 24.2 Å². The molecule has 2 aromatic rings. The van der Waals surface area contributed by atoms with Crippen molar-refractivity contribution in [2.75, 3.05) is 24.9 Å². The summed E-state index contributed by atoms with van der Waals surface area (Å²) in [5.74, 6) is -0.169. The predicted molar refractivity (Wildman–Crippen MR) is 110 cm³/mol. The fraction of sp³-hybridized carbons (Fsp3) is 0.286. The van der Waals surface area contributed by atoms with E-state index in [-0.39, 0.29) is 17.7 Å². The molecule has 8 heteroatoms. The van der Waals surface area contributed by atoms with Gasteiger partial charge < -0.3 is 20.1 Å². The average Bonchev–Trinajstić information content (AvgIpc) is 2.72. The van der Waals surface area contributed by atoms with Gasteiger partial charge in [0.2, 0.25) is 5.91 Å². The molecule has 2 rings (SSSR count). The van der Waals surface area contributed by atoms with E-state index < -0.39 is 12.1 Å². The maximum absolute atomic E-state index is 12.7. The van der Waals surface area contributed by atoms with Crippen LogP contribution in [0.5, 0.6) is 5.75 Å². The van der Waals surface area contributed by atoms with E-state index in [2.05, 4.69) is 20.7 Å². The molecule has 0 aliphatic rings. The van der Waals surface area contributed by atoms with Crippen molar-refractivity contribution in [2.45, 2.75) is 19.9 Å². The SMILES string of the molecule is COC(=O)Nc1ccc(NC(=O)C(NC(=O)c2ccc(OC)cc2)C(C)C)cc1. The Morgan fingerprint density at radius 2 is 1.38 bits per heavy atom. The molecule has 0 saturated heterocycles. The number of anilines is 2. The van der Waals surface area contributed by atoms with Crippen LogP contribution in [0.2, 0.25) is 0 Å². The van der Waals surface area contributed by atoms with Crippen LogP contribution in [0.4, 0.5) is 16.2 Å². The Kier molecular flexibility index (Phi) is 7.59. The number of methoxy groups -OCH3 is 2. The van der Waals surface area contributed by atoms with Crippen molar-refractivity contribution in [1.82, 2.24) is 5.32 Å². The predicted octanol–water partition coefficient (Wildman–Crippen LogP) is 3.27.